The van der Waals surface area contributed by atoms with Gasteiger partial charge in [-0.25, -0.2) is 9.55 Å². The quantitative estimate of drug-likeness (QED) is 0.793. The lowest BCUT2D eigenvalue weighted by molar-refractivity contribution is 0.0886. The van der Waals surface area contributed by atoms with E-state index in [0.717, 1.165) is 4.57 Å². The first-order valence-electron chi connectivity index (χ1n) is 5.09. The van der Waals surface area contributed by atoms with Crippen molar-refractivity contribution >= 4 is 5.91 Å². The number of nitroso groups, excluding NO2 is 1. The van der Waals surface area contributed by atoms with E-state index in [2.05, 4.69) is 10.2 Å². The van der Waals surface area contributed by atoms with Crippen molar-refractivity contribution in [3.63, 3.8) is 0 Å². The van der Waals surface area contributed by atoms with Crippen LogP contribution in [0.4, 0.5) is 0 Å². The van der Waals surface area contributed by atoms with Gasteiger partial charge in [0.1, 0.15) is 12.0 Å². The standard InChI is InChI=1S/C10H15N3O3/c1-6(2)9-10(15)13(5-11-9)8(14)4-7(3)12-16/h5-7,15H,4H2,1-3H3. The van der Waals surface area contributed by atoms with Gasteiger partial charge >= 0.3 is 0 Å². The SMILES string of the molecule is CC(CC(=O)n1cnc(C(C)C)c1O)N=O. The molecule has 16 heavy (non-hydrogen) atoms. The number of rotatable bonds is 4. The van der Waals surface area contributed by atoms with Gasteiger partial charge in [-0.2, -0.15) is 4.91 Å². The molecule has 0 bridgehead atoms. The van der Waals surface area contributed by atoms with Crippen molar-refractivity contribution in [1.29, 1.82) is 0 Å². The lowest BCUT2D eigenvalue weighted by Crippen LogP contribution is -2.14. The number of aromatic nitrogens is 2. The molecule has 0 spiro atoms. The van der Waals surface area contributed by atoms with Gasteiger partial charge in [0.15, 0.2) is 0 Å². The number of carbonyl (C=O) groups excluding carboxylic acids is 1. The molecule has 88 valence electrons. The summed E-state index contributed by atoms with van der Waals surface area (Å²) in [6, 6.07) is -0.600. The van der Waals surface area contributed by atoms with Gasteiger partial charge in [-0.15, -0.1) is 0 Å². The van der Waals surface area contributed by atoms with Crippen molar-refractivity contribution in [2.75, 3.05) is 0 Å². The highest BCUT2D eigenvalue weighted by atomic mass is 16.3. The Labute approximate surface area is 93.3 Å². The minimum absolute atomic E-state index is 0.0368. The number of nitrogens with zero attached hydrogens (tertiary/aromatic N) is 3. The predicted octanol–water partition coefficient (Wildman–Crippen LogP) is 1.90. The minimum Gasteiger partial charge on any atom is -0.493 e. The van der Waals surface area contributed by atoms with E-state index in [9.17, 15) is 14.8 Å². The number of hydrogen-bond acceptors (Lipinski definition) is 5. The van der Waals surface area contributed by atoms with Gasteiger partial charge in [-0.3, -0.25) is 4.79 Å². The zero-order chi connectivity index (χ0) is 12.3. The van der Waals surface area contributed by atoms with Crippen LogP contribution < -0.4 is 0 Å². The first-order valence-corrected chi connectivity index (χ1v) is 5.09. The van der Waals surface area contributed by atoms with Gasteiger partial charge in [0.05, 0.1) is 12.5 Å². The molecule has 1 heterocycles. The van der Waals surface area contributed by atoms with Crippen LogP contribution in [0.3, 0.4) is 0 Å². The first kappa shape index (κ1) is 12.4. The molecule has 0 aliphatic heterocycles. The predicted molar refractivity (Wildman–Crippen MR) is 58.5 cm³/mol. The molecule has 0 saturated carbocycles. The fourth-order valence-corrected chi connectivity index (χ4v) is 1.33. The van der Waals surface area contributed by atoms with Crippen LogP contribution in [0, 0.1) is 4.91 Å². The molecule has 6 nitrogen and oxygen atoms in total. The van der Waals surface area contributed by atoms with Crippen molar-refractivity contribution in [3.05, 3.63) is 16.9 Å². The highest BCUT2D eigenvalue weighted by Crippen LogP contribution is 2.23. The number of aromatic hydroxyl groups is 1. The summed E-state index contributed by atoms with van der Waals surface area (Å²) >= 11 is 0. The molecule has 1 rings (SSSR count). The summed E-state index contributed by atoms with van der Waals surface area (Å²) in [5.41, 5.74) is 0.472. The third-order valence-electron chi connectivity index (χ3n) is 2.24. The molecule has 0 radical (unpaired) electrons. The molecule has 1 aromatic heterocycles. The Morgan fingerprint density at radius 1 is 1.56 bits per heavy atom. The van der Waals surface area contributed by atoms with Gasteiger partial charge in [0, 0.05) is 5.92 Å². The maximum Gasteiger partial charge on any atom is 0.236 e. The highest BCUT2D eigenvalue weighted by molar-refractivity contribution is 5.81. The summed E-state index contributed by atoms with van der Waals surface area (Å²) in [6.45, 7) is 5.28. The number of carbonyl (C=O) groups is 1. The van der Waals surface area contributed by atoms with E-state index in [1.165, 1.54) is 6.33 Å². The smallest absolute Gasteiger partial charge is 0.236 e. The molecule has 0 saturated heterocycles. The Balaban J connectivity index is 2.88. The second-order valence-electron chi connectivity index (χ2n) is 4.03. The van der Waals surface area contributed by atoms with Crippen LogP contribution in [-0.4, -0.2) is 26.6 Å². The molecule has 0 fully saturated rings. The molecule has 1 N–H and O–H groups in total. The van der Waals surface area contributed by atoms with Crippen LogP contribution in [0.5, 0.6) is 5.88 Å². The van der Waals surface area contributed by atoms with Crippen LogP contribution in [0.15, 0.2) is 11.5 Å². The average molecular weight is 225 g/mol. The highest BCUT2D eigenvalue weighted by Gasteiger charge is 2.19. The van der Waals surface area contributed by atoms with Crippen molar-refractivity contribution in [2.45, 2.75) is 39.2 Å². The lowest BCUT2D eigenvalue weighted by atomic mass is 10.1. The molecule has 0 aliphatic carbocycles. The molecule has 1 aromatic rings. The Hall–Kier alpha value is -1.72. The number of imidazole rings is 1. The Morgan fingerprint density at radius 3 is 2.62 bits per heavy atom. The van der Waals surface area contributed by atoms with E-state index in [1.807, 2.05) is 13.8 Å². The Morgan fingerprint density at radius 2 is 2.19 bits per heavy atom. The second kappa shape index (κ2) is 4.87. The summed E-state index contributed by atoms with van der Waals surface area (Å²) in [4.78, 5) is 25.8. The number of hydrogen-bond donors (Lipinski definition) is 1. The molecule has 1 unspecified atom stereocenters. The average Bonchev–Trinajstić information content (AvgIpc) is 2.59. The maximum absolute atomic E-state index is 11.6. The molecule has 6 heteroatoms. The summed E-state index contributed by atoms with van der Waals surface area (Å²) in [5, 5.41) is 12.5. The van der Waals surface area contributed by atoms with E-state index in [0.29, 0.717) is 5.69 Å². The second-order valence-corrected chi connectivity index (χ2v) is 4.03. The monoisotopic (exact) mass is 225 g/mol. The third-order valence-corrected chi connectivity index (χ3v) is 2.24. The van der Waals surface area contributed by atoms with Crippen molar-refractivity contribution in [3.8, 4) is 5.88 Å². The Kier molecular flexibility index (Phi) is 3.76. The van der Waals surface area contributed by atoms with Crippen molar-refractivity contribution < 1.29 is 9.90 Å². The fraction of sp³-hybridized carbons (Fsp3) is 0.600. The van der Waals surface area contributed by atoms with Gasteiger partial charge in [-0.05, 0) is 6.92 Å². The third kappa shape index (κ3) is 2.44. The summed E-state index contributed by atoms with van der Waals surface area (Å²) < 4.78 is 1.05. The normalized spacial score (nSPS) is 12.8. The van der Waals surface area contributed by atoms with Gasteiger partial charge in [0.25, 0.3) is 0 Å². The molecule has 0 aliphatic rings. The van der Waals surface area contributed by atoms with E-state index in [1.54, 1.807) is 6.92 Å². The summed E-state index contributed by atoms with van der Waals surface area (Å²) in [7, 11) is 0. The van der Waals surface area contributed by atoms with Crippen molar-refractivity contribution in [1.82, 2.24) is 9.55 Å². The van der Waals surface area contributed by atoms with Crippen LogP contribution in [0.1, 0.15) is 43.6 Å². The zero-order valence-electron chi connectivity index (χ0n) is 9.54. The van der Waals surface area contributed by atoms with E-state index >= 15 is 0 Å². The zero-order valence-corrected chi connectivity index (χ0v) is 9.54. The maximum atomic E-state index is 11.6. The van der Waals surface area contributed by atoms with Crippen LogP contribution in [0.2, 0.25) is 0 Å². The van der Waals surface area contributed by atoms with Gasteiger partial charge in [-0.1, -0.05) is 19.0 Å². The Bertz CT molecular complexity index is 398. The fourth-order valence-electron chi connectivity index (χ4n) is 1.33. The van der Waals surface area contributed by atoms with Crippen molar-refractivity contribution in [2.24, 2.45) is 5.18 Å². The summed E-state index contributed by atoms with van der Waals surface area (Å²) in [6.07, 6.45) is 1.23. The minimum atomic E-state index is -0.600. The van der Waals surface area contributed by atoms with Gasteiger partial charge < -0.3 is 5.11 Å². The molecule has 1 atom stereocenters. The largest absolute Gasteiger partial charge is 0.493 e. The van der Waals surface area contributed by atoms with Crippen LogP contribution in [0.25, 0.3) is 0 Å². The first-order chi connectivity index (χ1) is 7.47. The molecule has 0 aromatic carbocycles. The van der Waals surface area contributed by atoms with E-state index in [-0.39, 0.29) is 24.1 Å². The lowest BCUT2D eigenvalue weighted by Gasteiger charge is -2.05. The summed E-state index contributed by atoms with van der Waals surface area (Å²) in [5.74, 6) is -0.502. The molecular weight excluding hydrogens is 210 g/mol. The molecule has 0 amide bonds. The van der Waals surface area contributed by atoms with E-state index in [4.69, 9.17) is 0 Å². The topological polar surface area (TPSA) is 84.6 Å². The van der Waals surface area contributed by atoms with Gasteiger partial charge in [0.2, 0.25) is 11.8 Å². The van der Waals surface area contributed by atoms with Crippen LogP contribution in [-0.2, 0) is 0 Å². The molecular formula is C10H15N3O3. The van der Waals surface area contributed by atoms with E-state index < -0.39 is 6.04 Å². The van der Waals surface area contributed by atoms with Crippen LogP contribution >= 0.6 is 0 Å².